The molecule has 1 heterocycles. The SMILES string of the molecule is COc1ccc2cc(C(=O)NC3CCC(NC(=O)OC(C)(C)C)CC3)c(=O)oc2c1. The quantitative estimate of drug-likeness (QED) is 0.740. The number of methoxy groups -OCH3 is 1. The second kappa shape index (κ2) is 8.77. The fourth-order valence-corrected chi connectivity index (χ4v) is 3.50. The fraction of sp³-hybridized carbons (Fsp3) is 0.500. The van der Waals surface area contributed by atoms with E-state index in [1.54, 1.807) is 18.2 Å². The average Bonchev–Trinajstić information content (AvgIpc) is 2.67. The Kier molecular flexibility index (Phi) is 6.34. The molecule has 0 unspecified atom stereocenters. The van der Waals surface area contributed by atoms with E-state index in [0.717, 1.165) is 12.8 Å². The third-order valence-corrected chi connectivity index (χ3v) is 4.97. The lowest BCUT2D eigenvalue weighted by molar-refractivity contribution is 0.0488. The largest absolute Gasteiger partial charge is 0.497 e. The summed E-state index contributed by atoms with van der Waals surface area (Å²) in [4.78, 5) is 36.8. The molecule has 30 heavy (non-hydrogen) atoms. The second-order valence-corrected chi connectivity index (χ2v) is 8.52. The number of hydrogen-bond donors (Lipinski definition) is 2. The highest BCUT2D eigenvalue weighted by Crippen LogP contribution is 2.22. The van der Waals surface area contributed by atoms with Crippen LogP contribution < -0.4 is 21.0 Å². The van der Waals surface area contributed by atoms with Crippen molar-refractivity contribution in [2.24, 2.45) is 0 Å². The number of carbonyl (C=O) groups excluding carboxylic acids is 2. The van der Waals surface area contributed by atoms with Crippen molar-refractivity contribution in [2.75, 3.05) is 7.11 Å². The van der Waals surface area contributed by atoms with Gasteiger partial charge in [-0.15, -0.1) is 0 Å². The molecule has 162 valence electrons. The van der Waals surface area contributed by atoms with E-state index >= 15 is 0 Å². The number of ether oxygens (including phenoxy) is 2. The minimum atomic E-state index is -0.687. The van der Waals surface area contributed by atoms with Gasteiger partial charge in [-0.3, -0.25) is 4.79 Å². The number of nitrogens with one attached hydrogen (secondary N) is 2. The van der Waals surface area contributed by atoms with Gasteiger partial charge in [0, 0.05) is 23.5 Å². The molecular weight excluding hydrogens is 388 g/mol. The van der Waals surface area contributed by atoms with E-state index in [1.165, 1.54) is 13.2 Å². The van der Waals surface area contributed by atoms with Gasteiger partial charge >= 0.3 is 11.7 Å². The first kappa shape index (κ1) is 21.7. The van der Waals surface area contributed by atoms with Crippen LogP contribution in [0.1, 0.15) is 56.8 Å². The fourth-order valence-electron chi connectivity index (χ4n) is 3.50. The van der Waals surface area contributed by atoms with E-state index in [9.17, 15) is 14.4 Å². The predicted octanol–water partition coefficient (Wildman–Crippen LogP) is 3.37. The second-order valence-electron chi connectivity index (χ2n) is 8.52. The number of fused-ring (bicyclic) bond motifs is 1. The molecule has 1 fully saturated rings. The molecule has 8 heteroatoms. The van der Waals surface area contributed by atoms with Crippen molar-refractivity contribution in [3.05, 3.63) is 40.2 Å². The maximum Gasteiger partial charge on any atom is 0.407 e. The first-order chi connectivity index (χ1) is 14.1. The molecule has 0 saturated heterocycles. The van der Waals surface area contributed by atoms with Gasteiger partial charge in [0.1, 0.15) is 22.5 Å². The molecule has 1 aliphatic rings. The van der Waals surface area contributed by atoms with E-state index in [2.05, 4.69) is 10.6 Å². The molecule has 0 atom stereocenters. The summed E-state index contributed by atoms with van der Waals surface area (Å²) in [6.45, 7) is 5.45. The third-order valence-electron chi connectivity index (χ3n) is 4.97. The zero-order valence-corrected chi connectivity index (χ0v) is 17.7. The number of alkyl carbamates (subject to hydrolysis) is 1. The zero-order chi connectivity index (χ0) is 21.9. The summed E-state index contributed by atoms with van der Waals surface area (Å²) in [5.41, 5.74) is -0.888. The van der Waals surface area contributed by atoms with Crippen LogP contribution in [0.5, 0.6) is 5.75 Å². The normalized spacial score (nSPS) is 19.2. The lowest BCUT2D eigenvalue weighted by atomic mass is 9.91. The minimum Gasteiger partial charge on any atom is -0.497 e. The molecule has 1 saturated carbocycles. The Balaban J connectivity index is 1.58. The zero-order valence-electron chi connectivity index (χ0n) is 17.7. The van der Waals surface area contributed by atoms with Crippen LogP contribution in [0.25, 0.3) is 11.0 Å². The van der Waals surface area contributed by atoms with Gasteiger partial charge in [-0.1, -0.05) is 0 Å². The van der Waals surface area contributed by atoms with Crippen LogP contribution in [0.15, 0.2) is 33.5 Å². The molecule has 0 spiro atoms. The van der Waals surface area contributed by atoms with Crippen LogP contribution in [-0.2, 0) is 4.74 Å². The molecule has 0 radical (unpaired) electrons. The summed E-state index contributed by atoms with van der Waals surface area (Å²) < 4.78 is 15.7. The van der Waals surface area contributed by atoms with Crippen LogP contribution >= 0.6 is 0 Å². The maximum atomic E-state index is 12.6. The van der Waals surface area contributed by atoms with E-state index in [4.69, 9.17) is 13.9 Å². The third kappa shape index (κ3) is 5.52. The summed E-state index contributed by atoms with van der Waals surface area (Å²) in [5.74, 6) is 0.115. The van der Waals surface area contributed by atoms with Gasteiger partial charge in [-0.2, -0.15) is 0 Å². The van der Waals surface area contributed by atoms with Crippen molar-refractivity contribution in [3.8, 4) is 5.75 Å². The highest BCUT2D eigenvalue weighted by molar-refractivity contribution is 5.96. The monoisotopic (exact) mass is 416 g/mol. The van der Waals surface area contributed by atoms with Crippen LogP contribution in [-0.4, -0.2) is 36.8 Å². The Labute approximate surface area is 174 Å². The lowest BCUT2D eigenvalue weighted by Crippen LogP contribution is -2.45. The predicted molar refractivity (Wildman–Crippen MR) is 112 cm³/mol. The number of hydrogen-bond acceptors (Lipinski definition) is 6. The summed E-state index contributed by atoms with van der Waals surface area (Å²) in [5, 5.41) is 6.42. The lowest BCUT2D eigenvalue weighted by Gasteiger charge is -2.30. The standard InChI is InChI=1S/C22H28N2O6/c1-22(2,3)30-21(27)24-15-8-6-14(7-9-15)23-19(25)17-11-13-5-10-16(28-4)12-18(13)29-20(17)26/h5,10-12,14-15H,6-9H2,1-4H3,(H,23,25)(H,24,27). The van der Waals surface area contributed by atoms with Gasteiger partial charge in [-0.25, -0.2) is 9.59 Å². The van der Waals surface area contributed by atoms with E-state index in [0.29, 0.717) is 29.6 Å². The highest BCUT2D eigenvalue weighted by Gasteiger charge is 2.26. The van der Waals surface area contributed by atoms with Gasteiger partial charge in [0.2, 0.25) is 0 Å². The van der Waals surface area contributed by atoms with E-state index in [1.807, 2.05) is 20.8 Å². The molecule has 0 bridgehead atoms. The summed E-state index contributed by atoms with van der Waals surface area (Å²) >= 11 is 0. The summed E-state index contributed by atoms with van der Waals surface area (Å²) in [6, 6.07) is 6.56. The topological polar surface area (TPSA) is 107 Å². The van der Waals surface area contributed by atoms with Crippen molar-refractivity contribution < 1.29 is 23.5 Å². The minimum absolute atomic E-state index is 0.00807. The molecule has 2 aromatic rings. The Hall–Kier alpha value is -3.03. The van der Waals surface area contributed by atoms with Crippen molar-refractivity contribution in [3.63, 3.8) is 0 Å². The summed E-state index contributed by atoms with van der Waals surface area (Å²) in [6.07, 6.45) is 2.40. The van der Waals surface area contributed by atoms with Crippen molar-refractivity contribution in [1.29, 1.82) is 0 Å². The molecule has 1 aliphatic carbocycles. The van der Waals surface area contributed by atoms with E-state index < -0.39 is 23.2 Å². The van der Waals surface area contributed by atoms with Gasteiger partial charge in [0.15, 0.2) is 0 Å². The number of benzene rings is 1. The Morgan fingerprint density at radius 3 is 2.27 bits per heavy atom. The number of carbonyl (C=O) groups is 2. The Morgan fingerprint density at radius 1 is 1.03 bits per heavy atom. The number of rotatable bonds is 4. The van der Waals surface area contributed by atoms with Crippen LogP contribution in [0.4, 0.5) is 4.79 Å². The molecular formula is C22H28N2O6. The molecule has 2 amide bonds. The van der Waals surface area contributed by atoms with Crippen LogP contribution in [0, 0.1) is 0 Å². The maximum absolute atomic E-state index is 12.6. The smallest absolute Gasteiger partial charge is 0.407 e. The van der Waals surface area contributed by atoms with Crippen molar-refractivity contribution in [2.45, 2.75) is 64.1 Å². The molecule has 3 rings (SSSR count). The molecule has 1 aromatic carbocycles. The Bertz CT molecular complexity index is 983. The van der Waals surface area contributed by atoms with Gasteiger partial charge in [0.05, 0.1) is 7.11 Å². The summed E-state index contributed by atoms with van der Waals surface area (Å²) in [7, 11) is 1.53. The first-order valence-electron chi connectivity index (χ1n) is 10.1. The van der Waals surface area contributed by atoms with Gasteiger partial charge in [-0.05, 0) is 64.7 Å². The average molecular weight is 416 g/mol. The van der Waals surface area contributed by atoms with Gasteiger partial charge < -0.3 is 24.5 Å². The van der Waals surface area contributed by atoms with Gasteiger partial charge in [0.25, 0.3) is 5.91 Å². The molecule has 2 N–H and O–H groups in total. The van der Waals surface area contributed by atoms with Crippen molar-refractivity contribution >= 4 is 23.0 Å². The molecule has 1 aromatic heterocycles. The van der Waals surface area contributed by atoms with Crippen LogP contribution in [0.2, 0.25) is 0 Å². The first-order valence-corrected chi connectivity index (χ1v) is 10.1. The molecule has 8 nitrogen and oxygen atoms in total. The van der Waals surface area contributed by atoms with Crippen molar-refractivity contribution in [1.82, 2.24) is 10.6 Å². The number of amides is 2. The van der Waals surface area contributed by atoms with E-state index in [-0.39, 0.29) is 17.6 Å². The molecule has 0 aliphatic heterocycles. The Morgan fingerprint density at radius 2 is 1.67 bits per heavy atom. The van der Waals surface area contributed by atoms with Crippen LogP contribution in [0.3, 0.4) is 0 Å². The highest BCUT2D eigenvalue weighted by atomic mass is 16.6.